The molecule has 1 saturated heterocycles. The molecule has 44 heavy (non-hydrogen) atoms. The smallest absolute Gasteiger partial charge is 0.411 e. The Labute approximate surface area is 260 Å². The van der Waals surface area contributed by atoms with E-state index in [1.807, 2.05) is 30.3 Å². The van der Waals surface area contributed by atoms with Crippen LogP contribution in [0.15, 0.2) is 48.5 Å². The third kappa shape index (κ3) is 8.38. The maximum Gasteiger partial charge on any atom is 0.411 e. The zero-order valence-electron chi connectivity index (χ0n) is 23.5. The molecule has 2 aliphatic heterocycles. The van der Waals surface area contributed by atoms with Gasteiger partial charge in [0.2, 0.25) is 17.7 Å². The summed E-state index contributed by atoms with van der Waals surface area (Å²) in [5.41, 5.74) is 1.03. The molecule has 1 atom stereocenters. The Hall–Kier alpha value is -4.37. The standard InChI is InChI=1S/C29H30N4O9S2/c34-22-10-9-21(26(38)31-22)33-27(39)19-7-4-8-20(25(19)28(33)40)30-29(41)42-14-16-44-43-15-12-23(35)32(17-24(36)37)13-11-18-5-2-1-3-6-18/h1-8,21H,9-17H2,(H,30,41)(H,36,37)(H,31,34,38). The van der Waals surface area contributed by atoms with Crippen molar-refractivity contribution in [3.8, 4) is 0 Å². The Morgan fingerprint density at radius 3 is 2.48 bits per heavy atom. The van der Waals surface area contributed by atoms with Crippen molar-refractivity contribution < 1.29 is 43.4 Å². The Morgan fingerprint density at radius 2 is 1.75 bits per heavy atom. The molecule has 13 nitrogen and oxygen atoms in total. The summed E-state index contributed by atoms with van der Waals surface area (Å²) < 4.78 is 5.19. The number of nitrogens with zero attached hydrogens (tertiary/aromatic N) is 2. The molecule has 0 aliphatic carbocycles. The SMILES string of the molecule is O=C(O)CN(CCc1ccccc1)C(=O)CCSSCCOC(=O)Nc1cccc2c1C(=O)N(C1CCC(=O)NC1=O)C2=O. The summed E-state index contributed by atoms with van der Waals surface area (Å²) in [6.07, 6.45) is -0.134. The predicted molar refractivity (Wildman–Crippen MR) is 162 cm³/mol. The van der Waals surface area contributed by atoms with Gasteiger partial charge in [0.1, 0.15) is 19.2 Å². The van der Waals surface area contributed by atoms with Crippen LogP contribution in [-0.4, -0.2) is 93.7 Å². The lowest BCUT2D eigenvalue weighted by molar-refractivity contribution is -0.144. The van der Waals surface area contributed by atoms with Gasteiger partial charge in [-0.25, -0.2) is 4.79 Å². The van der Waals surface area contributed by atoms with Gasteiger partial charge in [0.15, 0.2) is 0 Å². The van der Waals surface area contributed by atoms with Gasteiger partial charge in [-0.3, -0.25) is 44.3 Å². The number of carboxylic acids is 1. The molecular formula is C29H30N4O9S2. The van der Waals surface area contributed by atoms with E-state index in [1.165, 1.54) is 44.7 Å². The first-order valence-electron chi connectivity index (χ1n) is 13.7. The second kappa shape index (κ2) is 15.4. The quantitative estimate of drug-likeness (QED) is 0.157. The van der Waals surface area contributed by atoms with Gasteiger partial charge in [0.05, 0.1) is 16.8 Å². The van der Waals surface area contributed by atoms with E-state index in [0.717, 1.165) is 10.5 Å². The number of ether oxygens (including phenoxy) is 1. The maximum atomic E-state index is 13.1. The Morgan fingerprint density at radius 1 is 1.00 bits per heavy atom. The number of nitrogens with one attached hydrogen (secondary N) is 2. The van der Waals surface area contributed by atoms with Gasteiger partial charge in [-0.15, -0.1) is 0 Å². The number of hydrogen-bond acceptors (Lipinski definition) is 10. The second-order valence-corrected chi connectivity index (χ2v) is 12.5. The average Bonchev–Trinajstić information content (AvgIpc) is 3.25. The van der Waals surface area contributed by atoms with Gasteiger partial charge >= 0.3 is 12.1 Å². The fourth-order valence-electron chi connectivity index (χ4n) is 4.70. The van der Waals surface area contributed by atoms with E-state index in [2.05, 4.69) is 10.6 Å². The van der Waals surface area contributed by atoms with Crippen LogP contribution < -0.4 is 10.6 Å². The number of aliphatic carboxylic acids is 1. The maximum absolute atomic E-state index is 13.1. The van der Waals surface area contributed by atoms with Crippen molar-refractivity contribution in [2.45, 2.75) is 31.7 Å². The monoisotopic (exact) mass is 642 g/mol. The molecule has 0 saturated carbocycles. The number of anilines is 1. The molecule has 3 N–H and O–H groups in total. The Kier molecular flexibility index (Phi) is 11.4. The van der Waals surface area contributed by atoms with Crippen molar-refractivity contribution in [3.63, 3.8) is 0 Å². The number of piperidine rings is 1. The molecule has 2 heterocycles. The number of fused-ring (bicyclic) bond motifs is 1. The van der Waals surface area contributed by atoms with Gasteiger partial charge in [0.25, 0.3) is 11.8 Å². The number of carbonyl (C=O) groups is 7. The van der Waals surface area contributed by atoms with E-state index in [4.69, 9.17) is 4.74 Å². The molecule has 232 valence electrons. The van der Waals surface area contributed by atoms with Crippen LogP contribution in [0.25, 0.3) is 0 Å². The van der Waals surface area contributed by atoms with Gasteiger partial charge in [-0.2, -0.15) is 0 Å². The van der Waals surface area contributed by atoms with Gasteiger partial charge in [0, 0.05) is 30.9 Å². The van der Waals surface area contributed by atoms with E-state index in [1.54, 1.807) is 0 Å². The van der Waals surface area contributed by atoms with Crippen LogP contribution in [0.1, 0.15) is 45.5 Å². The van der Waals surface area contributed by atoms with Crippen LogP contribution in [0.5, 0.6) is 0 Å². The summed E-state index contributed by atoms with van der Waals surface area (Å²) in [7, 11) is 2.76. The molecule has 4 rings (SSSR count). The molecule has 1 unspecified atom stereocenters. The Bertz CT molecular complexity index is 1450. The molecule has 2 aliphatic rings. The topological polar surface area (TPSA) is 179 Å². The molecular weight excluding hydrogens is 612 g/mol. The van der Waals surface area contributed by atoms with Gasteiger partial charge in [-0.05, 0) is 30.5 Å². The molecule has 0 bridgehead atoms. The van der Waals surface area contributed by atoms with E-state index in [0.29, 0.717) is 24.5 Å². The predicted octanol–water partition coefficient (Wildman–Crippen LogP) is 2.56. The summed E-state index contributed by atoms with van der Waals surface area (Å²) in [5, 5.41) is 13.8. The first kappa shape index (κ1) is 32.5. The van der Waals surface area contributed by atoms with Crippen molar-refractivity contribution in [2.24, 2.45) is 0 Å². The normalized spacial score (nSPS) is 15.9. The van der Waals surface area contributed by atoms with E-state index in [-0.39, 0.29) is 55.1 Å². The number of amides is 6. The lowest BCUT2D eigenvalue weighted by atomic mass is 10.0. The van der Waals surface area contributed by atoms with Crippen LogP contribution >= 0.6 is 21.6 Å². The fraction of sp³-hybridized carbons (Fsp3) is 0.345. The van der Waals surface area contributed by atoms with Gasteiger partial charge < -0.3 is 14.7 Å². The number of carbonyl (C=O) groups excluding carboxylic acids is 6. The van der Waals surface area contributed by atoms with Crippen LogP contribution in [-0.2, 0) is 30.3 Å². The largest absolute Gasteiger partial charge is 0.480 e. The van der Waals surface area contributed by atoms with Crippen LogP contribution in [0.2, 0.25) is 0 Å². The minimum Gasteiger partial charge on any atom is -0.480 e. The third-order valence-corrected chi connectivity index (χ3v) is 9.15. The summed E-state index contributed by atoms with van der Waals surface area (Å²) in [5.74, 6) is -3.15. The number of benzene rings is 2. The van der Waals surface area contributed by atoms with E-state index >= 15 is 0 Å². The third-order valence-electron chi connectivity index (χ3n) is 6.78. The molecule has 0 radical (unpaired) electrons. The molecule has 6 amide bonds. The molecule has 2 aromatic rings. The van der Waals surface area contributed by atoms with Crippen LogP contribution in [0.4, 0.5) is 10.5 Å². The molecule has 0 spiro atoms. The lowest BCUT2D eigenvalue weighted by Crippen LogP contribution is -2.54. The Balaban J connectivity index is 1.18. The van der Waals surface area contributed by atoms with Crippen LogP contribution in [0, 0.1) is 0 Å². The first-order chi connectivity index (χ1) is 21.2. The first-order valence-corrected chi connectivity index (χ1v) is 16.2. The summed E-state index contributed by atoms with van der Waals surface area (Å²) in [6.45, 7) is -0.0506. The number of hydrogen-bond donors (Lipinski definition) is 3. The molecule has 15 heteroatoms. The molecule has 2 aromatic carbocycles. The van der Waals surface area contributed by atoms with E-state index < -0.39 is 41.7 Å². The van der Waals surface area contributed by atoms with Crippen molar-refractivity contribution in [1.82, 2.24) is 15.1 Å². The highest BCUT2D eigenvalue weighted by Crippen LogP contribution is 2.32. The van der Waals surface area contributed by atoms with Crippen molar-refractivity contribution in [2.75, 3.05) is 36.5 Å². The molecule has 1 fully saturated rings. The minimum atomic E-state index is -1.13. The lowest BCUT2D eigenvalue weighted by Gasteiger charge is -2.27. The highest BCUT2D eigenvalue weighted by atomic mass is 33.1. The summed E-state index contributed by atoms with van der Waals surface area (Å²) in [4.78, 5) is 88.2. The minimum absolute atomic E-state index is 0.00816. The summed E-state index contributed by atoms with van der Waals surface area (Å²) >= 11 is 0. The highest BCUT2D eigenvalue weighted by Gasteiger charge is 2.45. The van der Waals surface area contributed by atoms with Crippen LogP contribution in [0.3, 0.4) is 0 Å². The fourth-order valence-corrected chi connectivity index (χ4v) is 6.51. The highest BCUT2D eigenvalue weighted by molar-refractivity contribution is 8.76. The number of carboxylic acid groups (broad SMARTS) is 1. The molecule has 0 aromatic heterocycles. The second-order valence-electron chi connectivity index (χ2n) is 9.77. The number of rotatable bonds is 14. The van der Waals surface area contributed by atoms with Crippen molar-refractivity contribution in [3.05, 3.63) is 65.2 Å². The zero-order chi connectivity index (χ0) is 31.6. The van der Waals surface area contributed by atoms with Gasteiger partial charge in [-0.1, -0.05) is 58.0 Å². The number of imide groups is 2. The summed E-state index contributed by atoms with van der Waals surface area (Å²) in [6, 6.07) is 12.7. The van der Waals surface area contributed by atoms with Crippen molar-refractivity contribution >= 4 is 68.9 Å². The van der Waals surface area contributed by atoms with E-state index in [9.17, 15) is 38.7 Å². The average molecular weight is 643 g/mol. The van der Waals surface area contributed by atoms with Crippen molar-refractivity contribution in [1.29, 1.82) is 0 Å². The zero-order valence-corrected chi connectivity index (χ0v) is 25.1.